The number of nitrogens with zero attached hydrogens (tertiary/aromatic N) is 4. The normalized spacial score (nSPS) is 32.4. The Morgan fingerprint density at radius 3 is 2.45 bits per heavy atom. The largest absolute Gasteiger partial charge is 0.450 e. The standard InChI is InChI=1S/C22H38N4O3/c1-4-10-25-19(27)16-22(26(25)5-2)8-12-23(13-9-22)18-14-21(15-18)7-11-24(17-21)20(28)29-6-3/h18H,4-17H2,1-3H3. The number of carbonyl (C=O) groups excluding carboxylic acids is 2. The van der Waals surface area contributed by atoms with E-state index >= 15 is 0 Å². The van der Waals surface area contributed by atoms with Crippen molar-refractivity contribution in [3.05, 3.63) is 0 Å². The van der Waals surface area contributed by atoms with Crippen molar-refractivity contribution >= 4 is 12.0 Å². The highest BCUT2D eigenvalue weighted by molar-refractivity contribution is 5.79. The predicted molar refractivity (Wildman–Crippen MR) is 111 cm³/mol. The first-order chi connectivity index (χ1) is 14.0. The van der Waals surface area contributed by atoms with Crippen molar-refractivity contribution in [1.29, 1.82) is 0 Å². The van der Waals surface area contributed by atoms with Crippen molar-refractivity contribution in [3.63, 3.8) is 0 Å². The Balaban J connectivity index is 1.29. The molecule has 2 spiro atoms. The Kier molecular flexibility index (Phi) is 5.81. The van der Waals surface area contributed by atoms with Crippen LogP contribution in [0.25, 0.3) is 0 Å². The molecule has 4 fully saturated rings. The molecule has 4 rings (SSSR count). The third-order valence-corrected chi connectivity index (χ3v) is 7.89. The van der Waals surface area contributed by atoms with Gasteiger partial charge >= 0.3 is 6.09 Å². The summed E-state index contributed by atoms with van der Waals surface area (Å²) in [7, 11) is 0. The maximum Gasteiger partial charge on any atom is 0.409 e. The number of hydrogen-bond acceptors (Lipinski definition) is 5. The van der Waals surface area contributed by atoms with Gasteiger partial charge in [0.25, 0.3) is 0 Å². The molecule has 0 bridgehead atoms. The minimum absolute atomic E-state index is 0.0486. The number of hydrogen-bond donors (Lipinski definition) is 0. The van der Waals surface area contributed by atoms with Crippen LogP contribution in [0, 0.1) is 5.41 Å². The first kappa shape index (κ1) is 20.9. The molecule has 1 aliphatic carbocycles. The Hall–Kier alpha value is -1.34. The minimum atomic E-state index is -0.144. The van der Waals surface area contributed by atoms with Gasteiger partial charge in [0.15, 0.2) is 0 Å². The van der Waals surface area contributed by atoms with Crippen LogP contribution in [0.5, 0.6) is 0 Å². The van der Waals surface area contributed by atoms with E-state index in [2.05, 4.69) is 23.8 Å². The highest BCUT2D eigenvalue weighted by Gasteiger charge is 2.54. The molecule has 0 radical (unpaired) electrons. The summed E-state index contributed by atoms with van der Waals surface area (Å²) in [5.74, 6) is 0.315. The molecule has 7 nitrogen and oxygen atoms in total. The quantitative estimate of drug-likeness (QED) is 0.703. The second-order valence-corrected chi connectivity index (χ2v) is 9.60. The maximum atomic E-state index is 12.6. The molecule has 1 saturated carbocycles. The molecule has 3 saturated heterocycles. The molecule has 3 aliphatic heterocycles. The number of hydrazine groups is 1. The summed E-state index contributed by atoms with van der Waals surface area (Å²) >= 11 is 0. The monoisotopic (exact) mass is 406 g/mol. The van der Waals surface area contributed by atoms with Gasteiger partial charge in [-0.2, -0.15) is 0 Å². The third kappa shape index (κ3) is 3.65. The smallest absolute Gasteiger partial charge is 0.409 e. The van der Waals surface area contributed by atoms with Gasteiger partial charge < -0.3 is 14.5 Å². The summed E-state index contributed by atoms with van der Waals surface area (Å²) in [6.07, 6.45) is 7.26. The lowest BCUT2D eigenvalue weighted by Crippen LogP contribution is -2.60. The molecule has 0 aromatic rings. The molecule has 4 aliphatic rings. The number of amides is 2. The first-order valence-corrected chi connectivity index (χ1v) is 11.7. The van der Waals surface area contributed by atoms with E-state index in [1.54, 1.807) is 0 Å². The van der Waals surface area contributed by atoms with Gasteiger partial charge in [0.05, 0.1) is 12.1 Å². The number of rotatable bonds is 5. The van der Waals surface area contributed by atoms with Gasteiger partial charge in [-0.15, -0.1) is 0 Å². The second kappa shape index (κ2) is 8.06. The van der Waals surface area contributed by atoms with E-state index in [1.165, 1.54) is 12.8 Å². The fourth-order valence-electron chi connectivity index (χ4n) is 6.40. The van der Waals surface area contributed by atoms with Crippen LogP contribution < -0.4 is 0 Å². The molecule has 0 unspecified atom stereocenters. The molecular weight excluding hydrogens is 368 g/mol. The fourth-order valence-corrected chi connectivity index (χ4v) is 6.40. The summed E-state index contributed by atoms with van der Waals surface area (Å²) in [5.41, 5.74) is 0.371. The Labute approximate surface area is 175 Å². The topological polar surface area (TPSA) is 56.3 Å². The second-order valence-electron chi connectivity index (χ2n) is 9.60. The van der Waals surface area contributed by atoms with Crippen molar-refractivity contribution in [2.75, 3.05) is 45.9 Å². The van der Waals surface area contributed by atoms with Gasteiger partial charge in [-0.05, 0) is 50.9 Å². The average Bonchev–Trinajstić information content (AvgIpc) is 3.23. The molecule has 29 heavy (non-hydrogen) atoms. The maximum absolute atomic E-state index is 12.6. The lowest BCUT2D eigenvalue weighted by atomic mass is 9.64. The van der Waals surface area contributed by atoms with E-state index < -0.39 is 0 Å². The van der Waals surface area contributed by atoms with Gasteiger partial charge in [-0.25, -0.2) is 9.80 Å². The van der Waals surface area contributed by atoms with Crippen LogP contribution in [-0.4, -0.2) is 89.3 Å². The molecule has 0 aromatic heterocycles. The van der Waals surface area contributed by atoms with Gasteiger partial charge in [0, 0.05) is 51.7 Å². The fraction of sp³-hybridized carbons (Fsp3) is 0.909. The number of likely N-dealkylation sites (tertiary alicyclic amines) is 2. The van der Waals surface area contributed by atoms with Crippen LogP contribution in [0.3, 0.4) is 0 Å². The zero-order valence-electron chi connectivity index (χ0n) is 18.5. The number of carbonyl (C=O) groups is 2. The van der Waals surface area contributed by atoms with Crippen molar-refractivity contribution in [3.8, 4) is 0 Å². The SMILES string of the molecule is CCCN1C(=O)CC2(CCN(C3CC4(CCN(C(=O)OCC)C4)C3)CC2)N1CC. The molecule has 2 amide bonds. The van der Waals surface area contributed by atoms with E-state index in [0.29, 0.717) is 30.4 Å². The van der Waals surface area contributed by atoms with Crippen molar-refractivity contribution in [2.45, 2.75) is 77.3 Å². The van der Waals surface area contributed by atoms with Crippen LogP contribution in [-0.2, 0) is 9.53 Å². The van der Waals surface area contributed by atoms with Crippen molar-refractivity contribution < 1.29 is 14.3 Å². The van der Waals surface area contributed by atoms with Gasteiger partial charge in [0.2, 0.25) is 5.91 Å². The van der Waals surface area contributed by atoms with Crippen LogP contribution in [0.4, 0.5) is 4.79 Å². The molecule has 7 heteroatoms. The zero-order valence-corrected chi connectivity index (χ0v) is 18.5. The Morgan fingerprint density at radius 2 is 1.83 bits per heavy atom. The third-order valence-electron chi connectivity index (χ3n) is 7.89. The van der Waals surface area contributed by atoms with Crippen molar-refractivity contribution in [1.82, 2.24) is 19.8 Å². The van der Waals surface area contributed by atoms with Gasteiger partial charge in [-0.3, -0.25) is 9.80 Å². The Morgan fingerprint density at radius 1 is 1.10 bits per heavy atom. The van der Waals surface area contributed by atoms with Crippen molar-refractivity contribution in [2.24, 2.45) is 5.41 Å². The summed E-state index contributed by atoms with van der Waals surface area (Å²) in [5, 5.41) is 4.41. The summed E-state index contributed by atoms with van der Waals surface area (Å²) < 4.78 is 5.18. The average molecular weight is 407 g/mol. The van der Waals surface area contributed by atoms with Crippen LogP contribution in [0.15, 0.2) is 0 Å². The van der Waals surface area contributed by atoms with E-state index in [9.17, 15) is 9.59 Å². The molecule has 0 atom stereocenters. The molecule has 164 valence electrons. The molecular formula is C22H38N4O3. The van der Waals surface area contributed by atoms with E-state index in [0.717, 1.165) is 65.0 Å². The first-order valence-electron chi connectivity index (χ1n) is 11.7. The molecule has 0 N–H and O–H groups in total. The zero-order chi connectivity index (χ0) is 20.6. The van der Waals surface area contributed by atoms with Crippen LogP contribution in [0.2, 0.25) is 0 Å². The van der Waals surface area contributed by atoms with E-state index in [1.807, 2.05) is 16.8 Å². The van der Waals surface area contributed by atoms with Crippen LogP contribution in [0.1, 0.15) is 65.7 Å². The summed E-state index contributed by atoms with van der Waals surface area (Å²) in [6, 6.07) is 0.647. The van der Waals surface area contributed by atoms with E-state index in [-0.39, 0.29) is 11.6 Å². The predicted octanol–water partition coefficient (Wildman–Crippen LogP) is 2.71. The Bertz CT molecular complexity index is 626. The van der Waals surface area contributed by atoms with Gasteiger partial charge in [0.1, 0.15) is 0 Å². The highest BCUT2D eigenvalue weighted by Crippen LogP contribution is 2.51. The number of piperidine rings is 1. The molecule has 3 heterocycles. The summed E-state index contributed by atoms with van der Waals surface area (Å²) in [6.45, 7) is 12.3. The van der Waals surface area contributed by atoms with Crippen LogP contribution >= 0.6 is 0 Å². The van der Waals surface area contributed by atoms with Gasteiger partial charge in [-0.1, -0.05) is 13.8 Å². The van der Waals surface area contributed by atoms with E-state index in [4.69, 9.17) is 4.74 Å². The lowest BCUT2D eigenvalue weighted by molar-refractivity contribution is -0.142. The summed E-state index contributed by atoms with van der Waals surface area (Å²) in [4.78, 5) is 29.2. The highest BCUT2D eigenvalue weighted by atomic mass is 16.6. The number of ether oxygens (including phenoxy) is 1. The minimum Gasteiger partial charge on any atom is -0.450 e. The lowest BCUT2D eigenvalue weighted by Gasteiger charge is -2.54. The molecule has 0 aromatic carbocycles.